The van der Waals surface area contributed by atoms with Gasteiger partial charge in [0.05, 0.1) is 6.61 Å². The molecule has 72 valence electrons. The minimum atomic E-state index is -0.214. The third-order valence-corrected chi connectivity index (χ3v) is 1.71. The molecule has 0 aliphatic heterocycles. The molecule has 0 bridgehead atoms. The quantitative estimate of drug-likeness (QED) is 0.697. The van der Waals surface area contributed by atoms with Crippen LogP contribution in [0.2, 0.25) is 0 Å². The SMILES string of the molecule is Cc1cc(F)ccc1OCC(C)C. The first-order valence-electron chi connectivity index (χ1n) is 4.48. The summed E-state index contributed by atoms with van der Waals surface area (Å²) in [6, 6.07) is 4.57. The molecule has 2 heteroatoms. The van der Waals surface area contributed by atoms with Crippen molar-refractivity contribution in [3.05, 3.63) is 29.6 Å². The molecule has 1 rings (SSSR count). The number of benzene rings is 1. The van der Waals surface area contributed by atoms with E-state index < -0.39 is 0 Å². The second-order valence-electron chi connectivity index (χ2n) is 3.61. The molecule has 0 N–H and O–H groups in total. The van der Waals surface area contributed by atoms with Gasteiger partial charge in [-0.3, -0.25) is 0 Å². The van der Waals surface area contributed by atoms with Gasteiger partial charge in [0.15, 0.2) is 0 Å². The minimum absolute atomic E-state index is 0.214. The van der Waals surface area contributed by atoms with Crippen LogP contribution in [-0.2, 0) is 0 Å². The van der Waals surface area contributed by atoms with Crippen LogP contribution in [0, 0.1) is 18.7 Å². The fourth-order valence-electron chi connectivity index (χ4n) is 1.03. The van der Waals surface area contributed by atoms with E-state index >= 15 is 0 Å². The zero-order valence-corrected chi connectivity index (χ0v) is 8.30. The Morgan fingerprint density at radius 1 is 1.38 bits per heavy atom. The molecule has 0 spiro atoms. The predicted molar refractivity (Wildman–Crippen MR) is 51.5 cm³/mol. The third kappa shape index (κ3) is 3.05. The number of hydrogen-bond acceptors (Lipinski definition) is 1. The van der Waals surface area contributed by atoms with Crippen LogP contribution in [0.15, 0.2) is 18.2 Å². The van der Waals surface area contributed by atoms with Gasteiger partial charge in [0, 0.05) is 0 Å². The predicted octanol–water partition coefficient (Wildman–Crippen LogP) is 3.17. The second kappa shape index (κ2) is 4.26. The molecule has 0 saturated heterocycles. The van der Waals surface area contributed by atoms with E-state index in [4.69, 9.17) is 4.74 Å². The van der Waals surface area contributed by atoms with Crippen molar-refractivity contribution < 1.29 is 9.13 Å². The van der Waals surface area contributed by atoms with E-state index in [0.717, 1.165) is 11.3 Å². The van der Waals surface area contributed by atoms with Crippen molar-refractivity contribution >= 4 is 0 Å². The number of aryl methyl sites for hydroxylation is 1. The Bertz CT molecular complexity index is 281. The highest BCUT2D eigenvalue weighted by Gasteiger charge is 2.01. The van der Waals surface area contributed by atoms with Gasteiger partial charge in [-0.1, -0.05) is 13.8 Å². The first-order chi connectivity index (χ1) is 6.09. The van der Waals surface area contributed by atoms with Crippen molar-refractivity contribution in [1.29, 1.82) is 0 Å². The molecule has 0 aromatic heterocycles. The van der Waals surface area contributed by atoms with E-state index in [1.807, 2.05) is 6.92 Å². The van der Waals surface area contributed by atoms with Crippen molar-refractivity contribution in [2.24, 2.45) is 5.92 Å². The maximum absolute atomic E-state index is 12.7. The maximum atomic E-state index is 12.7. The van der Waals surface area contributed by atoms with Gasteiger partial charge >= 0.3 is 0 Å². The molecule has 0 unspecified atom stereocenters. The first-order valence-corrected chi connectivity index (χ1v) is 4.48. The van der Waals surface area contributed by atoms with Crippen molar-refractivity contribution in [2.75, 3.05) is 6.61 Å². The molecule has 0 fully saturated rings. The van der Waals surface area contributed by atoms with Crippen molar-refractivity contribution in [2.45, 2.75) is 20.8 Å². The summed E-state index contributed by atoms with van der Waals surface area (Å²) in [4.78, 5) is 0. The molecule has 1 aromatic carbocycles. The Morgan fingerprint density at radius 3 is 2.62 bits per heavy atom. The monoisotopic (exact) mass is 182 g/mol. The van der Waals surface area contributed by atoms with Crippen LogP contribution in [0.3, 0.4) is 0 Å². The fourth-order valence-corrected chi connectivity index (χ4v) is 1.03. The molecule has 1 nitrogen and oxygen atoms in total. The van der Waals surface area contributed by atoms with Crippen LogP contribution < -0.4 is 4.74 Å². The standard InChI is InChI=1S/C11H15FO/c1-8(2)7-13-11-5-4-10(12)6-9(11)3/h4-6,8H,7H2,1-3H3. The lowest BCUT2D eigenvalue weighted by molar-refractivity contribution is 0.269. The zero-order chi connectivity index (χ0) is 9.84. The van der Waals surface area contributed by atoms with Gasteiger partial charge in [-0.15, -0.1) is 0 Å². The van der Waals surface area contributed by atoms with Crippen LogP contribution in [-0.4, -0.2) is 6.61 Å². The average Bonchev–Trinajstić information content (AvgIpc) is 2.02. The van der Waals surface area contributed by atoms with E-state index in [2.05, 4.69) is 13.8 Å². The van der Waals surface area contributed by atoms with Gasteiger partial charge in [0.2, 0.25) is 0 Å². The van der Waals surface area contributed by atoms with E-state index in [1.165, 1.54) is 12.1 Å². The van der Waals surface area contributed by atoms with Gasteiger partial charge in [0.1, 0.15) is 11.6 Å². The number of rotatable bonds is 3. The second-order valence-corrected chi connectivity index (χ2v) is 3.61. The highest BCUT2D eigenvalue weighted by molar-refractivity contribution is 5.32. The number of hydrogen-bond donors (Lipinski definition) is 0. The molecule has 0 aliphatic rings. The smallest absolute Gasteiger partial charge is 0.123 e. The van der Waals surface area contributed by atoms with Crippen LogP contribution in [0.4, 0.5) is 4.39 Å². The van der Waals surface area contributed by atoms with E-state index in [-0.39, 0.29) is 5.82 Å². The summed E-state index contributed by atoms with van der Waals surface area (Å²) in [5.41, 5.74) is 0.848. The molecule has 1 aromatic rings. The fraction of sp³-hybridized carbons (Fsp3) is 0.455. The van der Waals surface area contributed by atoms with Crippen LogP contribution in [0.5, 0.6) is 5.75 Å². The third-order valence-electron chi connectivity index (χ3n) is 1.71. The van der Waals surface area contributed by atoms with Crippen molar-refractivity contribution in [3.63, 3.8) is 0 Å². The Kier molecular flexibility index (Phi) is 3.29. The lowest BCUT2D eigenvalue weighted by atomic mass is 10.2. The molecule has 0 heterocycles. The van der Waals surface area contributed by atoms with E-state index in [9.17, 15) is 4.39 Å². The van der Waals surface area contributed by atoms with E-state index in [1.54, 1.807) is 6.07 Å². The van der Waals surface area contributed by atoms with Crippen molar-refractivity contribution in [1.82, 2.24) is 0 Å². The molecule has 0 atom stereocenters. The van der Waals surface area contributed by atoms with Gasteiger partial charge in [-0.05, 0) is 36.6 Å². The van der Waals surface area contributed by atoms with Crippen LogP contribution in [0.1, 0.15) is 19.4 Å². The topological polar surface area (TPSA) is 9.23 Å². The largest absolute Gasteiger partial charge is 0.493 e. The van der Waals surface area contributed by atoms with Gasteiger partial charge in [-0.25, -0.2) is 4.39 Å². The van der Waals surface area contributed by atoms with Gasteiger partial charge < -0.3 is 4.74 Å². The van der Waals surface area contributed by atoms with Crippen LogP contribution >= 0.6 is 0 Å². The molecule has 0 amide bonds. The summed E-state index contributed by atoms with van der Waals surface area (Å²) in [7, 11) is 0. The molecular formula is C11H15FO. The molecular weight excluding hydrogens is 167 g/mol. The summed E-state index contributed by atoms with van der Waals surface area (Å²) in [6.07, 6.45) is 0. The van der Waals surface area contributed by atoms with E-state index in [0.29, 0.717) is 12.5 Å². The summed E-state index contributed by atoms with van der Waals surface area (Å²) in [5, 5.41) is 0. The Hall–Kier alpha value is -1.05. The minimum Gasteiger partial charge on any atom is -0.493 e. The summed E-state index contributed by atoms with van der Waals surface area (Å²) in [5.74, 6) is 1.05. The Morgan fingerprint density at radius 2 is 2.08 bits per heavy atom. The Labute approximate surface area is 78.5 Å². The lowest BCUT2D eigenvalue weighted by Gasteiger charge is -2.10. The first kappa shape index (κ1) is 10.0. The average molecular weight is 182 g/mol. The molecule has 0 aliphatic carbocycles. The van der Waals surface area contributed by atoms with Crippen LogP contribution in [0.25, 0.3) is 0 Å². The highest BCUT2D eigenvalue weighted by atomic mass is 19.1. The molecule has 0 radical (unpaired) electrons. The van der Waals surface area contributed by atoms with Gasteiger partial charge in [0.25, 0.3) is 0 Å². The molecule has 13 heavy (non-hydrogen) atoms. The van der Waals surface area contributed by atoms with Crippen molar-refractivity contribution in [3.8, 4) is 5.75 Å². The normalized spacial score (nSPS) is 10.5. The summed E-state index contributed by atoms with van der Waals surface area (Å²) < 4.78 is 18.2. The Balaban J connectivity index is 2.67. The lowest BCUT2D eigenvalue weighted by Crippen LogP contribution is -2.05. The summed E-state index contributed by atoms with van der Waals surface area (Å²) in [6.45, 7) is 6.68. The number of halogens is 1. The zero-order valence-electron chi connectivity index (χ0n) is 8.30. The number of ether oxygens (including phenoxy) is 1. The summed E-state index contributed by atoms with van der Waals surface area (Å²) >= 11 is 0. The maximum Gasteiger partial charge on any atom is 0.123 e. The highest BCUT2D eigenvalue weighted by Crippen LogP contribution is 2.18. The molecule has 0 saturated carbocycles. The van der Waals surface area contributed by atoms with Gasteiger partial charge in [-0.2, -0.15) is 0 Å².